The van der Waals surface area contributed by atoms with Crippen molar-refractivity contribution in [3.63, 3.8) is 0 Å². The van der Waals surface area contributed by atoms with Gasteiger partial charge in [0.1, 0.15) is 17.8 Å². The molecule has 7 heteroatoms. The fourth-order valence-corrected chi connectivity index (χ4v) is 2.95. The van der Waals surface area contributed by atoms with E-state index in [0.717, 1.165) is 4.90 Å². The topological polar surface area (TPSA) is 87.7 Å². The fourth-order valence-electron chi connectivity index (χ4n) is 2.95. The van der Waals surface area contributed by atoms with Gasteiger partial charge in [-0.2, -0.15) is 0 Å². The van der Waals surface area contributed by atoms with Gasteiger partial charge < -0.3 is 15.4 Å². The van der Waals surface area contributed by atoms with Crippen LogP contribution in [0.4, 0.5) is 10.5 Å². The molecule has 1 atom stereocenters. The zero-order valence-corrected chi connectivity index (χ0v) is 15.2. The van der Waals surface area contributed by atoms with Gasteiger partial charge in [0.05, 0.1) is 6.61 Å². The van der Waals surface area contributed by atoms with Gasteiger partial charge >= 0.3 is 6.03 Å². The molecule has 2 N–H and O–H groups in total. The molecule has 1 fully saturated rings. The predicted molar refractivity (Wildman–Crippen MR) is 100 cm³/mol. The van der Waals surface area contributed by atoms with Gasteiger partial charge in [-0.3, -0.25) is 14.5 Å². The number of nitrogens with zero attached hydrogens (tertiary/aromatic N) is 1. The maximum atomic E-state index is 12.8. The first-order valence-corrected chi connectivity index (χ1v) is 8.66. The van der Waals surface area contributed by atoms with Crippen LogP contribution in [0, 0.1) is 0 Å². The minimum atomic E-state index is -1.18. The standard InChI is InChI=1S/C20H21N3O4/c1-3-27-16-11-9-15(10-12-16)21-17(24)13-23-18(25)20(2,22-19(23)26)14-7-5-4-6-8-14/h4-12H,3,13H2,1-2H3,(H,21,24)(H,22,26)/t20-/m1/s1. The number of amides is 4. The molecule has 0 radical (unpaired) electrons. The van der Waals surface area contributed by atoms with Gasteiger partial charge in [0.2, 0.25) is 5.91 Å². The third-order valence-corrected chi connectivity index (χ3v) is 4.38. The number of carbonyl (C=O) groups is 3. The average Bonchev–Trinajstić information content (AvgIpc) is 2.88. The Labute approximate surface area is 157 Å². The number of urea groups is 1. The van der Waals surface area contributed by atoms with Crippen molar-refractivity contribution in [2.75, 3.05) is 18.5 Å². The average molecular weight is 367 g/mol. The molecule has 2 aromatic carbocycles. The maximum absolute atomic E-state index is 12.8. The monoisotopic (exact) mass is 367 g/mol. The molecule has 0 unspecified atom stereocenters. The summed E-state index contributed by atoms with van der Waals surface area (Å²) < 4.78 is 5.35. The minimum absolute atomic E-state index is 0.361. The third kappa shape index (κ3) is 3.76. The Morgan fingerprint density at radius 1 is 1.11 bits per heavy atom. The van der Waals surface area contributed by atoms with E-state index >= 15 is 0 Å². The highest BCUT2D eigenvalue weighted by Crippen LogP contribution is 2.28. The molecule has 1 heterocycles. The van der Waals surface area contributed by atoms with Crippen LogP contribution in [0.1, 0.15) is 19.4 Å². The summed E-state index contributed by atoms with van der Waals surface area (Å²) in [5.74, 6) is -0.219. The molecule has 2 aromatic rings. The van der Waals surface area contributed by atoms with Crippen LogP contribution in [0.2, 0.25) is 0 Å². The first kappa shape index (κ1) is 18.4. The van der Waals surface area contributed by atoms with Crippen LogP contribution in [-0.4, -0.2) is 35.9 Å². The number of hydrogen-bond acceptors (Lipinski definition) is 4. The van der Waals surface area contributed by atoms with Gasteiger partial charge in [0.15, 0.2) is 0 Å². The second-order valence-electron chi connectivity index (χ2n) is 6.32. The lowest BCUT2D eigenvalue weighted by atomic mass is 9.92. The zero-order chi connectivity index (χ0) is 19.4. The summed E-state index contributed by atoms with van der Waals surface area (Å²) in [7, 11) is 0. The van der Waals surface area contributed by atoms with Gasteiger partial charge in [-0.05, 0) is 43.7 Å². The van der Waals surface area contributed by atoms with E-state index in [0.29, 0.717) is 23.6 Å². The molecule has 7 nitrogen and oxygen atoms in total. The van der Waals surface area contributed by atoms with Crippen LogP contribution in [0.25, 0.3) is 0 Å². The van der Waals surface area contributed by atoms with E-state index in [4.69, 9.17) is 4.74 Å². The van der Waals surface area contributed by atoms with Crippen molar-refractivity contribution in [3.8, 4) is 5.75 Å². The lowest BCUT2D eigenvalue weighted by Crippen LogP contribution is -2.42. The quantitative estimate of drug-likeness (QED) is 0.768. The van der Waals surface area contributed by atoms with Crippen LogP contribution in [0.5, 0.6) is 5.75 Å². The largest absolute Gasteiger partial charge is 0.494 e. The van der Waals surface area contributed by atoms with Crippen molar-refractivity contribution in [1.82, 2.24) is 10.2 Å². The number of anilines is 1. The number of rotatable bonds is 6. The number of hydrogen-bond donors (Lipinski definition) is 2. The van der Waals surface area contributed by atoms with Crippen LogP contribution in [-0.2, 0) is 15.1 Å². The Morgan fingerprint density at radius 3 is 2.41 bits per heavy atom. The molecule has 4 amide bonds. The van der Waals surface area contributed by atoms with Gasteiger partial charge in [0, 0.05) is 5.69 Å². The molecule has 0 aliphatic carbocycles. The molecule has 0 saturated carbocycles. The molecular weight excluding hydrogens is 346 g/mol. The van der Waals surface area contributed by atoms with Gasteiger partial charge in [0.25, 0.3) is 5.91 Å². The second kappa shape index (κ2) is 7.49. The van der Waals surface area contributed by atoms with E-state index in [-0.39, 0.29) is 6.54 Å². The summed E-state index contributed by atoms with van der Waals surface area (Å²) in [5, 5.41) is 5.36. The number of carbonyl (C=O) groups excluding carboxylic acids is 3. The van der Waals surface area contributed by atoms with Crippen molar-refractivity contribution >= 4 is 23.5 Å². The number of benzene rings is 2. The predicted octanol–water partition coefficient (Wildman–Crippen LogP) is 2.49. The lowest BCUT2D eigenvalue weighted by Gasteiger charge is -2.22. The summed E-state index contributed by atoms with van der Waals surface area (Å²) in [6, 6.07) is 15.2. The van der Waals surface area contributed by atoms with Crippen molar-refractivity contribution in [1.29, 1.82) is 0 Å². The molecule has 3 rings (SSSR count). The minimum Gasteiger partial charge on any atom is -0.494 e. The van der Waals surface area contributed by atoms with Crippen molar-refractivity contribution in [3.05, 3.63) is 60.2 Å². The Hall–Kier alpha value is -3.35. The first-order chi connectivity index (χ1) is 12.9. The molecule has 1 aliphatic heterocycles. The number of imide groups is 1. The summed E-state index contributed by atoms with van der Waals surface area (Å²) in [5.41, 5.74) is 0.0386. The fraction of sp³-hybridized carbons (Fsp3) is 0.250. The second-order valence-corrected chi connectivity index (χ2v) is 6.32. The smallest absolute Gasteiger partial charge is 0.325 e. The summed E-state index contributed by atoms with van der Waals surface area (Å²) in [6.45, 7) is 3.71. The first-order valence-electron chi connectivity index (χ1n) is 8.66. The SMILES string of the molecule is CCOc1ccc(NC(=O)CN2C(=O)N[C@](C)(c3ccccc3)C2=O)cc1. The Morgan fingerprint density at radius 2 is 1.78 bits per heavy atom. The molecule has 1 aliphatic rings. The lowest BCUT2D eigenvalue weighted by molar-refractivity contribution is -0.133. The van der Waals surface area contributed by atoms with Crippen LogP contribution in [0.15, 0.2) is 54.6 Å². The molecule has 0 bridgehead atoms. The van der Waals surface area contributed by atoms with Crippen molar-refractivity contribution < 1.29 is 19.1 Å². The Balaban J connectivity index is 1.67. The highest BCUT2D eigenvalue weighted by Gasteiger charge is 2.49. The van der Waals surface area contributed by atoms with Crippen molar-refractivity contribution in [2.45, 2.75) is 19.4 Å². The summed E-state index contributed by atoms with van der Waals surface area (Å²) >= 11 is 0. The maximum Gasteiger partial charge on any atom is 0.325 e. The van der Waals surface area contributed by atoms with E-state index < -0.39 is 23.4 Å². The van der Waals surface area contributed by atoms with Crippen LogP contribution >= 0.6 is 0 Å². The van der Waals surface area contributed by atoms with E-state index in [1.54, 1.807) is 55.5 Å². The van der Waals surface area contributed by atoms with Gasteiger partial charge in [-0.25, -0.2) is 4.79 Å². The Kier molecular flexibility index (Phi) is 5.12. The number of ether oxygens (including phenoxy) is 1. The molecule has 0 aromatic heterocycles. The van der Waals surface area contributed by atoms with E-state index in [1.807, 2.05) is 13.0 Å². The van der Waals surface area contributed by atoms with Crippen LogP contribution in [0.3, 0.4) is 0 Å². The van der Waals surface area contributed by atoms with Gasteiger partial charge in [-0.1, -0.05) is 30.3 Å². The summed E-state index contributed by atoms with van der Waals surface area (Å²) in [4.78, 5) is 38.3. The van der Waals surface area contributed by atoms with E-state index in [2.05, 4.69) is 10.6 Å². The van der Waals surface area contributed by atoms with Crippen molar-refractivity contribution in [2.24, 2.45) is 0 Å². The molecule has 1 saturated heterocycles. The van der Waals surface area contributed by atoms with E-state index in [1.165, 1.54) is 0 Å². The summed E-state index contributed by atoms with van der Waals surface area (Å²) in [6.07, 6.45) is 0. The third-order valence-electron chi connectivity index (χ3n) is 4.38. The normalized spacial score (nSPS) is 19.0. The molecular formula is C20H21N3O4. The highest BCUT2D eigenvalue weighted by molar-refractivity contribution is 6.10. The number of nitrogens with one attached hydrogen (secondary N) is 2. The molecule has 0 spiro atoms. The Bertz CT molecular complexity index is 851. The highest BCUT2D eigenvalue weighted by atomic mass is 16.5. The molecule has 27 heavy (non-hydrogen) atoms. The molecule has 140 valence electrons. The van der Waals surface area contributed by atoms with Gasteiger partial charge in [-0.15, -0.1) is 0 Å². The zero-order valence-electron chi connectivity index (χ0n) is 15.2. The van der Waals surface area contributed by atoms with E-state index in [9.17, 15) is 14.4 Å². The van der Waals surface area contributed by atoms with Crippen LogP contribution < -0.4 is 15.4 Å².